The molecule has 0 aliphatic heterocycles. The van der Waals surface area contributed by atoms with Crippen molar-refractivity contribution in [2.45, 2.75) is 20.0 Å². The normalized spacial score (nSPS) is 11.7. The number of fused-ring (bicyclic) bond motifs is 1. The fraction of sp³-hybridized carbons (Fsp3) is 0.143. The van der Waals surface area contributed by atoms with Gasteiger partial charge in [0.1, 0.15) is 0 Å². The standard InChI is InChI=1S/C21H15ClF3N5O/c1-11-3-6-13(7-4-11)16-10-17(21(23,24)25)30-20(27-16)28-18(29-30)19(31)26-15-9-14(22)8-5-12(15)2/h3-10H,1-2H3,(H,26,31). The second kappa shape index (κ2) is 7.66. The summed E-state index contributed by atoms with van der Waals surface area (Å²) in [6, 6.07) is 12.6. The molecule has 2 heterocycles. The Kier molecular flexibility index (Phi) is 5.14. The Balaban J connectivity index is 1.79. The van der Waals surface area contributed by atoms with Crippen molar-refractivity contribution >= 4 is 29.0 Å². The molecule has 4 aromatic rings. The summed E-state index contributed by atoms with van der Waals surface area (Å²) in [6.07, 6.45) is -4.73. The molecular formula is C21H15ClF3N5O. The topological polar surface area (TPSA) is 72.2 Å². The van der Waals surface area contributed by atoms with Crippen LogP contribution in [0, 0.1) is 13.8 Å². The van der Waals surface area contributed by atoms with Crippen molar-refractivity contribution in [3.05, 3.63) is 76.2 Å². The predicted molar refractivity (Wildman–Crippen MR) is 110 cm³/mol. The Morgan fingerprint density at radius 1 is 1.03 bits per heavy atom. The number of alkyl halides is 3. The largest absolute Gasteiger partial charge is 0.433 e. The van der Waals surface area contributed by atoms with Gasteiger partial charge in [-0.2, -0.15) is 22.7 Å². The Morgan fingerprint density at radius 3 is 2.42 bits per heavy atom. The van der Waals surface area contributed by atoms with E-state index in [0.29, 0.717) is 20.8 Å². The Morgan fingerprint density at radius 2 is 1.74 bits per heavy atom. The number of halogens is 4. The van der Waals surface area contributed by atoms with E-state index < -0.39 is 23.6 Å². The monoisotopic (exact) mass is 445 g/mol. The highest BCUT2D eigenvalue weighted by atomic mass is 35.5. The van der Waals surface area contributed by atoms with Gasteiger partial charge in [-0.1, -0.05) is 47.5 Å². The zero-order chi connectivity index (χ0) is 22.3. The molecule has 4 rings (SSSR count). The third-order valence-corrected chi connectivity index (χ3v) is 4.84. The van der Waals surface area contributed by atoms with Crippen LogP contribution in [-0.4, -0.2) is 25.5 Å². The summed E-state index contributed by atoms with van der Waals surface area (Å²) < 4.78 is 41.6. The molecule has 2 aromatic heterocycles. The van der Waals surface area contributed by atoms with E-state index in [1.165, 1.54) is 6.07 Å². The molecule has 0 aliphatic rings. The number of carbonyl (C=O) groups is 1. The van der Waals surface area contributed by atoms with Gasteiger partial charge < -0.3 is 5.32 Å². The second-order valence-corrected chi connectivity index (χ2v) is 7.39. The van der Waals surface area contributed by atoms with Gasteiger partial charge in [0.05, 0.1) is 5.69 Å². The van der Waals surface area contributed by atoms with Gasteiger partial charge in [-0.25, -0.2) is 4.98 Å². The number of carbonyl (C=O) groups excluding carboxylic acids is 1. The first-order valence-corrected chi connectivity index (χ1v) is 9.49. The minimum Gasteiger partial charge on any atom is -0.319 e. The molecule has 0 bridgehead atoms. The van der Waals surface area contributed by atoms with E-state index in [1.54, 1.807) is 43.3 Å². The molecule has 0 spiro atoms. The molecule has 0 atom stereocenters. The lowest BCUT2D eigenvalue weighted by atomic mass is 10.1. The lowest BCUT2D eigenvalue weighted by Gasteiger charge is -2.10. The van der Waals surface area contributed by atoms with Crippen molar-refractivity contribution in [3.63, 3.8) is 0 Å². The van der Waals surface area contributed by atoms with Gasteiger partial charge in [-0.05, 0) is 37.6 Å². The number of anilines is 1. The van der Waals surface area contributed by atoms with E-state index in [0.717, 1.165) is 17.2 Å². The fourth-order valence-corrected chi connectivity index (χ4v) is 3.12. The number of aromatic nitrogens is 4. The highest BCUT2D eigenvalue weighted by Gasteiger charge is 2.36. The first-order valence-electron chi connectivity index (χ1n) is 9.11. The van der Waals surface area contributed by atoms with Crippen LogP contribution in [0.5, 0.6) is 0 Å². The van der Waals surface area contributed by atoms with Crippen LogP contribution in [0.15, 0.2) is 48.5 Å². The van der Waals surface area contributed by atoms with Crippen LogP contribution >= 0.6 is 11.6 Å². The van der Waals surface area contributed by atoms with E-state index in [2.05, 4.69) is 20.4 Å². The van der Waals surface area contributed by atoms with Crippen molar-refractivity contribution in [3.8, 4) is 11.3 Å². The van der Waals surface area contributed by atoms with Gasteiger partial charge in [0.25, 0.3) is 11.7 Å². The summed E-state index contributed by atoms with van der Waals surface area (Å²) in [7, 11) is 0. The maximum Gasteiger partial charge on any atom is 0.433 e. The van der Waals surface area contributed by atoms with Gasteiger partial charge in [0.2, 0.25) is 5.82 Å². The van der Waals surface area contributed by atoms with Crippen LogP contribution in [0.4, 0.5) is 18.9 Å². The van der Waals surface area contributed by atoms with Gasteiger partial charge in [0.15, 0.2) is 5.69 Å². The van der Waals surface area contributed by atoms with Crippen molar-refractivity contribution in [1.29, 1.82) is 0 Å². The summed E-state index contributed by atoms with van der Waals surface area (Å²) in [5.74, 6) is -1.56. The molecule has 0 fully saturated rings. The Labute approximate surface area is 179 Å². The highest BCUT2D eigenvalue weighted by Crippen LogP contribution is 2.32. The first-order chi connectivity index (χ1) is 14.6. The highest BCUT2D eigenvalue weighted by molar-refractivity contribution is 6.31. The molecule has 0 radical (unpaired) electrons. The molecule has 31 heavy (non-hydrogen) atoms. The fourth-order valence-electron chi connectivity index (χ4n) is 2.95. The van der Waals surface area contributed by atoms with Gasteiger partial charge >= 0.3 is 6.18 Å². The number of nitrogens with zero attached hydrogens (tertiary/aromatic N) is 4. The van der Waals surface area contributed by atoms with Gasteiger partial charge in [0, 0.05) is 16.3 Å². The van der Waals surface area contributed by atoms with Crippen molar-refractivity contribution in [1.82, 2.24) is 19.6 Å². The summed E-state index contributed by atoms with van der Waals surface area (Å²) in [4.78, 5) is 20.7. The Hall–Kier alpha value is -3.46. The van der Waals surface area contributed by atoms with E-state index in [4.69, 9.17) is 11.6 Å². The molecule has 1 N–H and O–H groups in total. The third-order valence-electron chi connectivity index (χ3n) is 4.60. The number of benzene rings is 2. The zero-order valence-corrected chi connectivity index (χ0v) is 17.1. The predicted octanol–water partition coefficient (Wildman–Crippen LogP) is 5.33. The molecule has 0 aliphatic carbocycles. The Bertz CT molecular complexity index is 1300. The number of nitrogens with one attached hydrogen (secondary N) is 1. The van der Waals surface area contributed by atoms with E-state index in [9.17, 15) is 18.0 Å². The van der Waals surface area contributed by atoms with Crippen molar-refractivity contribution in [2.24, 2.45) is 0 Å². The van der Waals surface area contributed by atoms with Gasteiger partial charge in [-0.3, -0.25) is 4.79 Å². The smallest absolute Gasteiger partial charge is 0.319 e. The average molecular weight is 446 g/mol. The minimum absolute atomic E-state index is 0.0740. The number of hydrogen-bond acceptors (Lipinski definition) is 4. The average Bonchev–Trinajstić information content (AvgIpc) is 3.14. The molecular weight excluding hydrogens is 431 g/mol. The zero-order valence-electron chi connectivity index (χ0n) is 16.3. The molecule has 158 valence electrons. The maximum atomic E-state index is 13.7. The molecule has 0 unspecified atom stereocenters. The van der Waals surface area contributed by atoms with Crippen LogP contribution in [0.25, 0.3) is 17.0 Å². The molecule has 2 aromatic carbocycles. The SMILES string of the molecule is Cc1ccc(-c2cc(C(F)(F)F)n3nc(C(=O)Nc4cc(Cl)ccc4C)nc3n2)cc1. The molecule has 6 nitrogen and oxygen atoms in total. The first kappa shape index (κ1) is 20.8. The van der Waals surface area contributed by atoms with E-state index >= 15 is 0 Å². The van der Waals surface area contributed by atoms with Crippen LogP contribution in [0.2, 0.25) is 5.02 Å². The summed E-state index contributed by atoms with van der Waals surface area (Å²) >= 11 is 5.95. The summed E-state index contributed by atoms with van der Waals surface area (Å²) in [5, 5.41) is 6.72. The lowest BCUT2D eigenvalue weighted by Crippen LogP contribution is -2.16. The molecule has 10 heteroatoms. The van der Waals surface area contributed by atoms with Crippen LogP contribution < -0.4 is 5.32 Å². The van der Waals surface area contributed by atoms with Crippen molar-refractivity contribution in [2.75, 3.05) is 5.32 Å². The van der Waals surface area contributed by atoms with Gasteiger partial charge in [-0.15, -0.1) is 5.10 Å². The number of hydrogen-bond donors (Lipinski definition) is 1. The number of aryl methyl sites for hydroxylation is 2. The third kappa shape index (κ3) is 4.22. The van der Waals surface area contributed by atoms with Crippen LogP contribution in [-0.2, 0) is 6.18 Å². The van der Waals surface area contributed by atoms with E-state index in [-0.39, 0.29) is 11.5 Å². The molecule has 0 saturated heterocycles. The summed E-state index contributed by atoms with van der Waals surface area (Å²) in [5.41, 5.74) is 1.56. The molecule has 1 amide bonds. The quantitative estimate of drug-likeness (QED) is 0.462. The summed E-state index contributed by atoms with van der Waals surface area (Å²) in [6.45, 7) is 3.62. The number of rotatable bonds is 3. The van der Waals surface area contributed by atoms with Crippen LogP contribution in [0.1, 0.15) is 27.4 Å². The van der Waals surface area contributed by atoms with Crippen LogP contribution in [0.3, 0.4) is 0 Å². The van der Waals surface area contributed by atoms with Crippen molar-refractivity contribution < 1.29 is 18.0 Å². The second-order valence-electron chi connectivity index (χ2n) is 6.95. The lowest BCUT2D eigenvalue weighted by molar-refractivity contribution is -0.142. The molecule has 0 saturated carbocycles. The maximum absolute atomic E-state index is 13.7. The van der Waals surface area contributed by atoms with E-state index in [1.807, 2.05) is 6.92 Å². The minimum atomic E-state index is -4.73. The number of amides is 1.